The Morgan fingerprint density at radius 1 is 1.17 bits per heavy atom. The lowest BCUT2D eigenvalue weighted by molar-refractivity contribution is -0.125. The van der Waals surface area contributed by atoms with Gasteiger partial charge in [0, 0.05) is 25.7 Å². The summed E-state index contributed by atoms with van der Waals surface area (Å²) in [5.74, 6) is 0.344. The fraction of sp³-hybridized carbons (Fsp3) is 0.158. The Morgan fingerprint density at radius 3 is 2.65 bits per heavy atom. The van der Waals surface area contributed by atoms with Crippen LogP contribution in [-0.2, 0) is 11.3 Å². The molecule has 0 saturated carbocycles. The molecule has 0 aliphatic heterocycles. The number of benzene rings is 2. The predicted molar refractivity (Wildman–Crippen MR) is 90.7 cm³/mol. The fourth-order valence-corrected chi connectivity index (χ4v) is 2.28. The maximum Gasteiger partial charge on any atom is 0.246 e. The van der Waals surface area contributed by atoms with Gasteiger partial charge in [-0.1, -0.05) is 42.0 Å². The summed E-state index contributed by atoms with van der Waals surface area (Å²) in [4.78, 5) is 18.1. The third kappa shape index (κ3) is 3.66. The number of rotatable bonds is 4. The minimum Gasteiger partial charge on any atom is -0.437 e. The van der Waals surface area contributed by atoms with E-state index in [4.69, 9.17) is 4.42 Å². The highest BCUT2D eigenvalue weighted by molar-refractivity contribution is 5.91. The van der Waals surface area contributed by atoms with E-state index in [2.05, 4.69) is 4.98 Å². The van der Waals surface area contributed by atoms with Crippen molar-refractivity contribution in [3.63, 3.8) is 0 Å². The number of likely N-dealkylation sites (N-methyl/N-ethyl adjacent to an activating group) is 1. The third-order valence-electron chi connectivity index (χ3n) is 3.60. The Kier molecular flexibility index (Phi) is 4.24. The Morgan fingerprint density at radius 2 is 1.91 bits per heavy atom. The minimum absolute atomic E-state index is 0.0900. The first-order valence-corrected chi connectivity index (χ1v) is 7.46. The van der Waals surface area contributed by atoms with Gasteiger partial charge in [-0.15, -0.1) is 0 Å². The number of nitrogens with zero attached hydrogens (tertiary/aromatic N) is 2. The lowest BCUT2D eigenvalue weighted by Gasteiger charge is -2.15. The number of carbonyl (C=O) groups is 1. The topological polar surface area (TPSA) is 46.3 Å². The van der Waals surface area contributed by atoms with Gasteiger partial charge in [-0.2, -0.15) is 0 Å². The van der Waals surface area contributed by atoms with Gasteiger partial charge in [0.2, 0.25) is 11.8 Å². The molecule has 2 aromatic carbocycles. The summed E-state index contributed by atoms with van der Waals surface area (Å²) in [6, 6.07) is 15.7. The molecule has 1 amide bonds. The van der Waals surface area contributed by atoms with Gasteiger partial charge >= 0.3 is 0 Å². The highest BCUT2D eigenvalue weighted by atomic mass is 16.3. The molecule has 3 rings (SSSR count). The minimum atomic E-state index is -0.0900. The van der Waals surface area contributed by atoms with Crippen molar-refractivity contribution in [3.05, 3.63) is 71.6 Å². The van der Waals surface area contributed by atoms with Crippen LogP contribution in [0.4, 0.5) is 0 Å². The first kappa shape index (κ1) is 15.0. The van der Waals surface area contributed by atoms with Gasteiger partial charge in [-0.3, -0.25) is 4.79 Å². The van der Waals surface area contributed by atoms with Gasteiger partial charge in [0.1, 0.15) is 5.52 Å². The summed E-state index contributed by atoms with van der Waals surface area (Å²) >= 11 is 0. The molecule has 0 radical (unpaired) electrons. The molecule has 0 bridgehead atoms. The number of oxazole rings is 1. The third-order valence-corrected chi connectivity index (χ3v) is 3.60. The summed E-state index contributed by atoms with van der Waals surface area (Å²) in [5, 5.41) is 0. The van der Waals surface area contributed by atoms with Crippen molar-refractivity contribution >= 4 is 23.1 Å². The second-order valence-corrected chi connectivity index (χ2v) is 5.53. The van der Waals surface area contributed by atoms with Crippen LogP contribution in [0.2, 0.25) is 0 Å². The number of carbonyl (C=O) groups excluding carboxylic acids is 1. The molecule has 0 aliphatic carbocycles. The molecule has 1 aromatic heterocycles. The van der Waals surface area contributed by atoms with Gasteiger partial charge in [0.05, 0.1) is 0 Å². The van der Waals surface area contributed by atoms with Crippen molar-refractivity contribution in [3.8, 4) is 0 Å². The summed E-state index contributed by atoms with van der Waals surface area (Å²) in [5.41, 5.74) is 3.81. The summed E-state index contributed by atoms with van der Waals surface area (Å²) in [6.07, 6.45) is 3.09. The molecule has 4 nitrogen and oxygen atoms in total. The molecule has 0 fully saturated rings. The van der Waals surface area contributed by atoms with Crippen LogP contribution in [0.5, 0.6) is 0 Å². The fourth-order valence-electron chi connectivity index (χ4n) is 2.28. The molecule has 4 heteroatoms. The number of fused-ring (bicyclic) bond motifs is 1. The zero-order valence-corrected chi connectivity index (χ0v) is 13.2. The molecule has 0 aliphatic rings. The van der Waals surface area contributed by atoms with Gasteiger partial charge in [0.15, 0.2) is 5.58 Å². The van der Waals surface area contributed by atoms with Crippen LogP contribution in [0, 0.1) is 6.92 Å². The number of aryl methyl sites for hydroxylation is 1. The van der Waals surface area contributed by atoms with E-state index >= 15 is 0 Å². The average molecular weight is 306 g/mol. The average Bonchev–Trinajstić information content (AvgIpc) is 2.97. The molecule has 0 unspecified atom stereocenters. The standard InChI is InChI=1S/C19H18N2O2/c1-14-7-9-15(10-8-14)13-21(2)19(22)12-11-18-20-16-5-3-4-6-17(16)23-18/h3-12H,13H2,1-2H3/b12-11+. The van der Waals surface area contributed by atoms with Crippen LogP contribution < -0.4 is 0 Å². The highest BCUT2D eigenvalue weighted by Gasteiger charge is 2.07. The van der Waals surface area contributed by atoms with Crippen LogP contribution in [0.15, 0.2) is 59.0 Å². The molecule has 1 heterocycles. The van der Waals surface area contributed by atoms with Crippen molar-refractivity contribution in [1.29, 1.82) is 0 Å². The number of aromatic nitrogens is 1. The number of amides is 1. The number of para-hydroxylation sites is 2. The van der Waals surface area contributed by atoms with E-state index in [0.717, 1.165) is 11.1 Å². The van der Waals surface area contributed by atoms with Crippen LogP contribution in [0.25, 0.3) is 17.2 Å². The predicted octanol–water partition coefficient (Wildman–Crippen LogP) is 3.81. The lowest BCUT2D eigenvalue weighted by atomic mass is 10.1. The molecular weight excluding hydrogens is 288 g/mol. The molecule has 116 valence electrons. The highest BCUT2D eigenvalue weighted by Crippen LogP contribution is 2.15. The molecular formula is C19H18N2O2. The van der Waals surface area contributed by atoms with Gasteiger partial charge in [0.25, 0.3) is 0 Å². The van der Waals surface area contributed by atoms with Gasteiger partial charge in [-0.25, -0.2) is 4.98 Å². The van der Waals surface area contributed by atoms with E-state index < -0.39 is 0 Å². The first-order valence-electron chi connectivity index (χ1n) is 7.46. The molecule has 0 atom stereocenters. The van der Waals surface area contributed by atoms with Crippen molar-refractivity contribution in [2.75, 3.05) is 7.05 Å². The zero-order valence-electron chi connectivity index (χ0n) is 13.2. The first-order chi connectivity index (χ1) is 11.1. The van der Waals surface area contributed by atoms with Crippen LogP contribution in [0.3, 0.4) is 0 Å². The van der Waals surface area contributed by atoms with E-state index in [-0.39, 0.29) is 5.91 Å². The maximum atomic E-state index is 12.2. The smallest absolute Gasteiger partial charge is 0.246 e. The van der Waals surface area contributed by atoms with Gasteiger partial charge < -0.3 is 9.32 Å². The monoisotopic (exact) mass is 306 g/mol. The van der Waals surface area contributed by atoms with Crippen LogP contribution in [-0.4, -0.2) is 22.8 Å². The van der Waals surface area contributed by atoms with Crippen LogP contribution in [0.1, 0.15) is 17.0 Å². The molecule has 0 saturated heterocycles. The number of hydrogen-bond donors (Lipinski definition) is 0. The maximum absolute atomic E-state index is 12.2. The molecule has 23 heavy (non-hydrogen) atoms. The number of hydrogen-bond acceptors (Lipinski definition) is 3. The Bertz CT molecular complexity index is 814. The van der Waals surface area contributed by atoms with E-state index in [1.165, 1.54) is 11.6 Å². The van der Waals surface area contributed by atoms with Crippen molar-refractivity contribution in [1.82, 2.24) is 9.88 Å². The SMILES string of the molecule is Cc1ccc(CN(C)C(=O)/C=C/c2nc3ccccc3o2)cc1. The Labute approximate surface area is 135 Å². The van der Waals surface area contributed by atoms with Crippen molar-refractivity contribution in [2.24, 2.45) is 0 Å². The van der Waals surface area contributed by atoms with Gasteiger partial charge in [-0.05, 0) is 24.6 Å². The zero-order chi connectivity index (χ0) is 16.2. The molecule has 3 aromatic rings. The molecule has 0 spiro atoms. The second-order valence-electron chi connectivity index (χ2n) is 5.53. The Hall–Kier alpha value is -2.88. The summed E-state index contributed by atoms with van der Waals surface area (Å²) in [6.45, 7) is 2.61. The quantitative estimate of drug-likeness (QED) is 0.689. The summed E-state index contributed by atoms with van der Waals surface area (Å²) in [7, 11) is 1.78. The lowest BCUT2D eigenvalue weighted by Crippen LogP contribution is -2.24. The second kappa shape index (κ2) is 6.48. The molecule has 0 N–H and O–H groups in total. The van der Waals surface area contributed by atoms with Crippen LogP contribution >= 0.6 is 0 Å². The van der Waals surface area contributed by atoms with Crippen molar-refractivity contribution < 1.29 is 9.21 Å². The van der Waals surface area contributed by atoms with Crippen molar-refractivity contribution in [2.45, 2.75) is 13.5 Å². The summed E-state index contributed by atoms with van der Waals surface area (Å²) < 4.78 is 5.56. The Balaban J connectivity index is 1.66. The van der Waals surface area contributed by atoms with E-state index in [9.17, 15) is 4.79 Å². The normalized spacial score (nSPS) is 11.2. The van der Waals surface area contributed by atoms with E-state index in [1.54, 1.807) is 18.0 Å². The largest absolute Gasteiger partial charge is 0.437 e. The van der Waals surface area contributed by atoms with E-state index in [1.807, 2.05) is 55.5 Å². The van der Waals surface area contributed by atoms with E-state index in [0.29, 0.717) is 18.0 Å².